The third-order valence-corrected chi connectivity index (χ3v) is 4.83. The minimum absolute atomic E-state index is 0.142. The summed E-state index contributed by atoms with van der Waals surface area (Å²) in [6.07, 6.45) is 5.99. The molecule has 6 nitrogen and oxygen atoms in total. The molecule has 0 amide bonds. The van der Waals surface area contributed by atoms with Gasteiger partial charge in [0.15, 0.2) is 17.3 Å². The summed E-state index contributed by atoms with van der Waals surface area (Å²) >= 11 is 7.38. The number of thiazole rings is 1. The summed E-state index contributed by atoms with van der Waals surface area (Å²) in [6.45, 7) is 1.06. The Labute approximate surface area is 140 Å². The lowest BCUT2D eigenvalue weighted by molar-refractivity contribution is 0.364. The van der Waals surface area contributed by atoms with E-state index in [2.05, 4.69) is 19.9 Å². The Kier molecular flexibility index (Phi) is 3.70. The number of anilines is 1. The molecule has 1 aliphatic heterocycles. The number of hydrogen-bond acceptors (Lipinski definition) is 7. The van der Waals surface area contributed by atoms with E-state index in [1.54, 1.807) is 18.6 Å². The average molecular weight is 352 g/mol. The molecule has 0 unspecified atom stereocenters. The van der Waals surface area contributed by atoms with Gasteiger partial charge in [0.2, 0.25) is 5.28 Å². The highest BCUT2D eigenvalue weighted by Gasteiger charge is 2.25. The molecule has 1 fully saturated rings. The van der Waals surface area contributed by atoms with E-state index in [0.717, 1.165) is 10.0 Å². The first-order valence-corrected chi connectivity index (χ1v) is 8.17. The Morgan fingerprint density at radius 2 is 2.22 bits per heavy atom. The molecule has 0 N–H and O–H groups in total. The van der Waals surface area contributed by atoms with Crippen LogP contribution in [0.5, 0.6) is 0 Å². The third-order valence-electron chi connectivity index (χ3n) is 3.59. The molecule has 1 atom stereocenters. The van der Waals surface area contributed by atoms with Gasteiger partial charge in [-0.25, -0.2) is 24.3 Å². The molecule has 3 aromatic rings. The molecular weight excluding hydrogens is 341 g/mol. The molecule has 118 valence electrons. The Morgan fingerprint density at radius 3 is 2.96 bits per heavy atom. The fraction of sp³-hybridized carbons (Fsp3) is 0.286. The summed E-state index contributed by atoms with van der Waals surface area (Å²) in [5, 5.41) is 0.918. The Bertz CT molecular complexity index is 824. The molecule has 4 rings (SSSR count). The lowest BCUT2D eigenvalue weighted by Gasteiger charge is -2.12. The topological polar surface area (TPSA) is 67.9 Å². The third kappa shape index (κ3) is 2.79. The Morgan fingerprint density at radius 1 is 1.30 bits per heavy atom. The summed E-state index contributed by atoms with van der Waals surface area (Å²) in [4.78, 5) is 19.4. The second-order valence-corrected chi connectivity index (χ2v) is 6.45. The molecule has 1 aliphatic rings. The molecule has 0 spiro atoms. The maximum absolute atomic E-state index is 13.4. The highest BCUT2D eigenvalue weighted by Crippen LogP contribution is 2.37. The van der Waals surface area contributed by atoms with E-state index >= 15 is 0 Å². The predicted molar refractivity (Wildman–Crippen MR) is 85.4 cm³/mol. The molecule has 23 heavy (non-hydrogen) atoms. The van der Waals surface area contributed by atoms with Crippen LogP contribution in [-0.4, -0.2) is 39.2 Å². The molecule has 4 heterocycles. The Hall–Kier alpha value is -2.06. The van der Waals surface area contributed by atoms with Crippen molar-refractivity contribution in [3.05, 3.63) is 30.3 Å². The summed E-state index contributed by atoms with van der Waals surface area (Å²) in [5.74, 6) is 0.552. The first-order chi connectivity index (χ1) is 11.2. The number of hydrogen-bond donors (Lipinski definition) is 0. The van der Waals surface area contributed by atoms with Crippen molar-refractivity contribution in [1.29, 1.82) is 0 Å². The van der Waals surface area contributed by atoms with Gasteiger partial charge in [0, 0.05) is 18.9 Å². The normalized spacial score (nSPS) is 17.8. The van der Waals surface area contributed by atoms with Crippen LogP contribution < -0.4 is 4.90 Å². The van der Waals surface area contributed by atoms with E-state index < -0.39 is 6.17 Å². The molecule has 0 bridgehead atoms. The van der Waals surface area contributed by atoms with Crippen LogP contribution in [0.25, 0.3) is 21.9 Å². The van der Waals surface area contributed by atoms with Crippen molar-refractivity contribution in [2.24, 2.45) is 0 Å². The summed E-state index contributed by atoms with van der Waals surface area (Å²) in [7, 11) is 0. The number of alkyl halides is 1. The first-order valence-electron chi connectivity index (χ1n) is 6.97. The van der Waals surface area contributed by atoms with Gasteiger partial charge in [0.25, 0.3) is 0 Å². The molecule has 0 aromatic carbocycles. The minimum Gasteiger partial charge on any atom is -0.443 e. The number of nitrogens with zero attached hydrogens (tertiary/aromatic N) is 5. The number of rotatable bonds is 3. The SMILES string of the molecule is F[C@H]1CCN(c2ncc(-c3nc(Cl)ncc3-c3cnco3)s2)C1. The van der Waals surface area contributed by atoms with Gasteiger partial charge in [-0.05, 0) is 18.0 Å². The smallest absolute Gasteiger partial charge is 0.222 e. The second kappa shape index (κ2) is 5.86. The maximum atomic E-state index is 13.4. The van der Waals surface area contributed by atoms with E-state index in [1.165, 1.54) is 17.7 Å². The zero-order chi connectivity index (χ0) is 15.8. The van der Waals surface area contributed by atoms with Gasteiger partial charge in [-0.3, -0.25) is 0 Å². The van der Waals surface area contributed by atoms with Crippen LogP contribution in [0.15, 0.2) is 29.4 Å². The van der Waals surface area contributed by atoms with E-state index in [0.29, 0.717) is 36.5 Å². The lowest BCUT2D eigenvalue weighted by atomic mass is 10.2. The van der Waals surface area contributed by atoms with E-state index in [-0.39, 0.29) is 5.28 Å². The van der Waals surface area contributed by atoms with Gasteiger partial charge in [-0.1, -0.05) is 11.3 Å². The minimum atomic E-state index is -0.791. The number of oxazole rings is 1. The van der Waals surface area contributed by atoms with E-state index in [1.807, 2.05) is 4.90 Å². The first kappa shape index (κ1) is 14.5. The number of aromatic nitrogens is 4. The average Bonchev–Trinajstić information content (AvgIpc) is 3.28. The van der Waals surface area contributed by atoms with E-state index in [9.17, 15) is 4.39 Å². The monoisotopic (exact) mass is 351 g/mol. The van der Waals surface area contributed by atoms with Crippen LogP contribution in [-0.2, 0) is 0 Å². The fourth-order valence-electron chi connectivity index (χ4n) is 2.49. The van der Waals surface area contributed by atoms with Crippen molar-refractivity contribution in [3.8, 4) is 21.9 Å². The molecule has 3 aromatic heterocycles. The highest BCUT2D eigenvalue weighted by molar-refractivity contribution is 7.18. The van der Waals surface area contributed by atoms with Gasteiger partial charge >= 0.3 is 0 Å². The van der Waals surface area contributed by atoms with Crippen molar-refractivity contribution < 1.29 is 8.81 Å². The van der Waals surface area contributed by atoms with Gasteiger partial charge in [0.1, 0.15) is 6.17 Å². The standard InChI is InChI=1S/C14H11ClFN5OS/c15-13-18-3-9(10-4-17-7-22-10)12(20-13)11-5-19-14(23-11)21-2-1-8(16)6-21/h3-5,7-8H,1-2,6H2/t8-/m0/s1. The van der Waals surface area contributed by atoms with Crippen molar-refractivity contribution in [2.75, 3.05) is 18.0 Å². The predicted octanol–water partition coefficient (Wildman–Crippen LogP) is 3.46. The fourth-order valence-corrected chi connectivity index (χ4v) is 3.58. The van der Waals surface area contributed by atoms with Crippen molar-refractivity contribution in [1.82, 2.24) is 19.9 Å². The van der Waals surface area contributed by atoms with Crippen LogP contribution in [0.4, 0.5) is 9.52 Å². The molecule has 0 aliphatic carbocycles. The van der Waals surface area contributed by atoms with Crippen LogP contribution in [0.3, 0.4) is 0 Å². The second-order valence-electron chi connectivity index (χ2n) is 5.11. The van der Waals surface area contributed by atoms with Crippen LogP contribution >= 0.6 is 22.9 Å². The molecule has 0 saturated carbocycles. The largest absolute Gasteiger partial charge is 0.443 e. The van der Waals surface area contributed by atoms with Gasteiger partial charge in [-0.2, -0.15) is 0 Å². The zero-order valence-electron chi connectivity index (χ0n) is 11.8. The van der Waals surface area contributed by atoms with Gasteiger partial charge < -0.3 is 9.32 Å². The molecule has 1 saturated heterocycles. The van der Waals surface area contributed by atoms with Crippen LogP contribution in [0.2, 0.25) is 5.28 Å². The van der Waals surface area contributed by atoms with Crippen molar-refractivity contribution in [2.45, 2.75) is 12.6 Å². The van der Waals surface area contributed by atoms with E-state index in [4.69, 9.17) is 16.0 Å². The van der Waals surface area contributed by atoms with Crippen LogP contribution in [0, 0.1) is 0 Å². The number of halogens is 2. The van der Waals surface area contributed by atoms with Crippen molar-refractivity contribution in [3.63, 3.8) is 0 Å². The maximum Gasteiger partial charge on any atom is 0.222 e. The molecule has 9 heteroatoms. The highest BCUT2D eigenvalue weighted by atomic mass is 35.5. The summed E-state index contributed by atoms with van der Waals surface area (Å²) in [5.41, 5.74) is 1.31. The van der Waals surface area contributed by atoms with Gasteiger partial charge in [0.05, 0.1) is 28.9 Å². The summed E-state index contributed by atoms with van der Waals surface area (Å²) < 4.78 is 18.7. The quantitative estimate of drug-likeness (QED) is 0.673. The summed E-state index contributed by atoms with van der Waals surface area (Å²) in [6, 6.07) is 0. The Balaban J connectivity index is 1.73. The van der Waals surface area contributed by atoms with Crippen LogP contribution in [0.1, 0.15) is 6.42 Å². The zero-order valence-corrected chi connectivity index (χ0v) is 13.4. The van der Waals surface area contributed by atoms with Gasteiger partial charge in [-0.15, -0.1) is 0 Å². The molecular formula is C14H11ClFN5OS. The lowest BCUT2D eigenvalue weighted by Crippen LogP contribution is -2.19. The van der Waals surface area contributed by atoms with Crippen molar-refractivity contribution >= 4 is 28.1 Å². The molecule has 0 radical (unpaired) electrons.